The van der Waals surface area contributed by atoms with Crippen LogP contribution in [0.1, 0.15) is 113 Å². The summed E-state index contributed by atoms with van der Waals surface area (Å²) in [4.78, 5) is 35.9. The zero-order chi connectivity index (χ0) is 28.6. The van der Waals surface area contributed by atoms with Gasteiger partial charge in [0, 0.05) is 24.7 Å². The van der Waals surface area contributed by atoms with Gasteiger partial charge in [0.1, 0.15) is 12.4 Å². The summed E-state index contributed by atoms with van der Waals surface area (Å²) in [5.74, 6) is 1.81. The van der Waals surface area contributed by atoms with Crippen LogP contribution in [0.25, 0.3) is 0 Å². The molecule has 5 nitrogen and oxygen atoms in total. The van der Waals surface area contributed by atoms with Gasteiger partial charge in [0.05, 0.1) is 6.61 Å². The number of carbonyl (C=O) groups excluding carboxylic acids is 3. The minimum absolute atomic E-state index is 0.00506. The molecule has 0 radical (unpaired) electrons. The average Bonchev–Trinajstić information content (AvgIpc) is 3.24. The normalized spacial score (nSPS) is 48.0. The highest BCUT2D eigenvalue weighted by molar-refractivity contribution is 5.73. The van der Waals surface area contributed by atoms with Gasteiger partial charge in [-0.25, -0.2) is 0 Å². The Morgan fingerprint density at radius 3 is 2.18 bits per heavy atom. The Morgan fingerprint density at radius 2 is 1.54 bits per heavy atom. The van der Waals surface area contributed by atoms with Crippen LogP contribution >= 0.6 is 0 Å². The number of aldehydes is 1. The van der Waals surface area contributed by atoms with Crippen molar-refractivity contribution in [1.82, 2.24) is 0 Å². The number of allylic oxidation sites excluding steroid dienone is 1. The molecule has 5 aliphatic rings. The van der Waals surface area contributed by atoms with Crippen molar-refractivity contribution in [2.24, 2.45) is 56.7 Å². The number of esters is 2. The molecule has 10 atom stereocenters. The van der Waals surface area contributed by atoms with E-state index in [2.05, 4.69) is 41.2 Å². The average molecular weight is 541 g/mol. The Bertz CT molecular complexity index is 1050. The summed E-state index contributed by atoms with van der Waals surface area (Å²) in [6.45, 7) is 20.2. The quantitative estimate of drug-likeness (QED) is 0.208. The van der Waals surface area contributed by atoms with Crippen molar-refractivity contribution < 1.29 is 23.9 Å². The summed E-state index contributed by atoms with van der Waals surface area (Å²) < 4.78 is 11.6. The molecule has 5 rings (SSSR count). The Morgan fingerprint density at radius 1 is 0.821 bits per heavy atom. The highest BCUT2D eigenvalue weighted by atomic mass is 16.5. The minimum Gasteiger partial charge on any atom is -0.465 e. The van der Waals surface area contributed by atoms with Gasteiger partial charge in [-0.2, -0.15) is 0 Å². The molecule has 5 heteroatoms. The Balaban J connectivity index is 1.50. The molecule has 0 amide bonds. The van der Waals surface area contributed by atoms with E-state index in [0.29, 0.717) is 30.3 Å². The number of rotatable bonds is 5. The van der Waals surface area contributed by atoms with Crippen LogP contribution in [-0.4, -0.2) is 30.9 Å². The Hall–Kier alpha value is -1.65. The lowest BCUT2D eigenvalue weighted by atomic mass is 9.32. The maximum atomic E-state index is 12.0. The molecule has 218 valence electrons. The molecule has 5 fully saturated rings. The highest BCUT2D eigenvalue weighted by Crippen LogP contribution is 2.77. The summed E-state index contributed by atoms with van der Waals surface area (Å²) in [7, 11) is 0. The molecule has 0 aromatic rings. The standard InChI is InChI=1S/C34H52O5/c1-21(19-35)24-11-16-34(20-38-22(2)36)18-17-32(7)25(29(24)34)9-10-27-31(6)14-13-28(39-23(3)37)30(4,5)26(31)12-15-33(27,32)8/h19,24-29H,1,9-18,20H2,2-8H3/t24-,25?,26-,27+,28-,29+,31-,32+,33+,34+/m0/s1. The first kappa shape index (κ1) is 28.9. The van der Waals surface area contributed by atoms with Gasteiger partial charge < -0.3 is 9.47 Å². The molecule has 0 aromatic heterocycles. The molecule has 5 saturated carbocycles. The smallest absolute Gasteiger partial charge is 0.302 e. The van der Waals surface area contributed by atoms with Gasteiger partial charge in [-0.15, -0.1) is 0 Å². The molecule has 0 saturated heterocycles. The summed E-state index contributed by atoms with van der Waals surface area (Å²) in [5.41, 5.74) is 1.24. The molecule has 0 spiro atoms. The fourth-order valence-electron chi connectivity index (χ4n) is 12.1. The predicted octanol–water partition coefficient (Wildman–Crippen LogP) is 7.32. The summed E-state index contributed by atoms with van der Waals surface area (Å²) in [6, 6.07) is 0. The topological polar surface area (TPSA) is 69.7 Å². The molecule has 0 aliphatic heterocycles. The van der Waals surface area contributed by atoms with Gasteiger partial charge in [-0.1, -0.05) is 41.2 Å². The van der Waals surface area contributed by atoms with E-state index < -0.39 is 0 Å². The van der Waals surface area contributed by atoms with E-state index in [9.17, 15) is 14.4 Å². The molecule has 5 aliphatic carbocycles. The SMILES string of the molecule is C=C(C=O)[C@@H]1CC[C@]2(COC(C)=O)CC[C@]3(C)C(CC[C@@H]4[C@@]5(C)CC[C@H](OC(C)=O)C(C)(C)[C@@H]5CC[C@]43C)[C@@H]12. The van der Waals surface area contributed by atoms with Crippen molar-refractivity contribution >= 4 is 18.2 Å². The molecular weight excluding hydrogens is 488 g/mol. The van der Waals surface area contributed by atoms with Crippen molar-refractivity contribution in [3.05, 3.63) is 12.2 Å². The predicted molar refractivity (Wildman–Crippen MR) is 152 cm³/mol. The zero-order valence-electron chi connectivity index (χ0n) is 25.6. The van der Waals surface area contributed by atoms with E-state index in [1.165, 1.54) is 32.6 Å². The summed E-state index contributed by atoms with van der Waals surface area (Å²) in [6.07, 6.45) is 12.0. The second kappa shape index (κ2) is 9.44. The highest BCUT2D eigenvalue weighted by Gasteiger charge is 2.71. The molecule has 0 aromatic carbocycles. The van der Waals surface area contributed by atoms with Gasteiger partial charge in [-0.3, -0.25) is 14.4 Å². The number of ether oxygens (including phenoxy) is 2. The van der Waals surface area contributed by atoms with Crippen molar-refractivity contribution in [1.29, 1.82) is 0 Å². The number of carbonyl (C=O) groups is 3. The molecule has 0 bridgehead atoms. The number of hydrogen-bond acceptors (Lipinski definition) is 5. The van der Waals surface area contributed by atoms with Gasteiger partial charge in [0.15, 0.2) is 0 Å². The third kappa shape index (κ3) is 4.02. The van der Waals surface area contributed by atoms with Crippen LogP contribution in [0.15, 0.2) is 12.2 Å². The van der Waals surface area contributed by atoms with E-state index in [4.69, 9.17) is 9.47 Å². The van der Waals surface area contributed by atoms with Crippen LogP contribution in [0.3, 0.4) is 0 Å². The fraction of sp³-hybridized carbons (Fsp3) is 0.853. The molecular formula is C34H52O5. The van der Waals surface area contributed by atoms with Crippen LogP contribution in [0.2, 0.25) is 0 Å². The lowest BCUT2D eigenvalue weighted by Gasteiger charge is -2.73. The van der Waals surface area contributed by atoms with Gasteiger partial charge >= 0.3 is 11.9 Å². The van der Waals surface area contributed by atoms with E-state index in [-0.39, 0.29) is 51.0 Å². The number of hydrogen-bond donors (Lipinski definition) is 0. The molecule has 0 heterocycles. The first-order valence-corrected chi connectivity index (χ1v) is 15.6. The van der Waals surface area contributed by atoms with Gasteiger partial charge in [-0.05, 0) is 116 Å². The van der Waals surface area contributed by atoms with Crippen LogP contribution in [-0.2, 0) is 23.9 Å². The van der Waals surface area contributed by atoms with E-state index >= 15 is 0 Å². The first-order chi connectivity index (χ1) is 18.2. The zero-order valence-corrected chi connectivity index (χ0v) is 25.6. The summed E-state index contributed by atoms with van der Waals surface area (Å²) >= 11 is 0. The first-order valence-electron chi connectivity index (χ1n) is 15.6. The van der Waals surface area contributed by atoms with Crippen LogP contribution in [0, 0.1) is 56.7 Å². The van der Waals surface area contributed by atoms with Gasteiger partial charge in [0.25, 0.3) is 0 Å². The molecule has 0 N–H and O–H groups in total. The van der Waals surface area contributed by atoms with Crippen LogP contribution in [0.4, 0.5) is 0 Å². The second-order valence-corrected chi connectivity index (χ2v) is 15.6. The third-order valence-corrected chi connectivity index (χ3v) is 14.0. The minimum atomic E-state index is -0.206. The van der Waals surface area contributed by atoms with Crippen LogP contribution < -0.4 is 0 Å². The maximum absolute atomic E-state index is 12.0. The van der Waals surface area contributed by atoms with Crippen molar-refractivity contribution in [3.63, 3.8) is 0 Å². The van der Waals surface area contributed by atoms with Crippen molar-refractivity contribution in [2.45, 2.75) is 119 Å². The molecule has 39 heavy (non-hydrogen) atoms. The fourth-order valence-corrected chi connectivity index (χ4v) is 12.1. The van der Waals surface area contributed by atoms with E-state index in [0.717, 1.165) is 50.4 Å². The Labute approximate surface area is 236 Å². The monoisotopic (exact) mass is 540 g/mol. The number of fused-ring (bicyclic) bond motifs is 7. The lowest BCUT2D eigenvalue weighted by Crippen LogP contribution is -2.67. The van der Waals surface area contributed by atoms with E-state index in [1.54, 1.807) is 6.92 Å². The van der Waals surface area contributed by atoms with Gasteiger partial charge in [0.2, 0.25) is 0 Å². The van der Waals surface area contributed by atoms with E-state index in [1.807, 2.05) is 0 Å². The largest absolute Gasteiger partial charge is 0.465 e. The van der Waals surface area contributed by atoms with Crippen molar-refractivity contribution in [3.8, 4) is 0 Å². The maximum Gasteiger partial charge on any atom is 0.302 e. The lowest BCUT2D eigenvalue weighted by molar-refractivity contribution is -0.252. The molecule has 1 unspecified atom stereocenters. The third-order valence-electron chi connectivity index (χ3n) is 14.0. The van der Waals surface area contributed by atoms with Crippen LogP contribution in [0.5, 0.6) is 0 Å². The van der Waals surface area contributed by atoms with Crippen molar-refractivity contribution in [2.75, 3.05) is 6.61 Å². The second-order valence-electron chi connectivity index (χ2n) is 15.6. The summed E-state index contributed by atoms with van der Waals surface area (Å²) in [5, 5.41) is 0. The Kier molecular flexibility index (Phi) is 6.99.